The zero-order valence-corrected chi connectivity index (χ0v) is 18.1. The normalized spacial score (nSPS) is 25.9. The van der Waals surface area contributed by atoms with E-state index in [1.807, 2.05) is 46.8 Å². The maximum atomic E-state index is 12.7. The molecule has 3 atom stereocenters. The van der Waals surface area contributed by atoms with Crippen molar-refractivity contribution in [2.45, 2.75) is 59.2 Å². The first-order valence-corrected chi connectivity index (χ1v) is 10.2. The predicted octanol–water partition coefficient (Wildman–Crippen LogP) is 4.63. The summed E-state index contributed by atoms with van der Waals surface area (Å²) in [4.78, 5) is 24.6. The molecule has 1 aromatic carbocycles. The van der Waals surface area contributed by atoms with Gasteiger partial charge in [-0.25, -0.2) is 4.79 Å². The smallest absolute Gasteiger partial charge is 0.330 e. The van der Waals surface area contributed by atoms with Crippen LogP contribution in [0.25, 0.3) is 0 Å². The fraction of sp³-hybridized carbons (Fsp3) is 0.545. The van der Waals surface area contributed by atoms with E-state index in [0.717, 1.165) is 17.3 Å². The first kappa shape index (κ1) is 20.1. The van der Waals surface area contributed by atoms with E-state index < -0.39 is 5.60 Å². The highest BCUT2D eigenvalue weighted by Gasteiger charge is 2.61. The van der Waals surface area contributed by atoms with Crippen LogP contribution < -0.4 is 0 Å². The van der Waals surface area contributed by atoms with Crippen LogP contribution in [0.5, 0.6) is 0 Å². The van der Waals surface area contributed by atoms with Gasteiger partial charge in [-0.2, -0.15) is 0 Å². The summed E-state index contributed by atoms with van der Waals surface area (Å²) in [6.07, 6.45) is 4.62. The van der Waals surface area contributed by atoms with E-state index in [9.17, 15) is 9.59 Å². The Hall–Kier alpha value is -1.62. The highest BCUT2D eigenvalue weighted by atomic mass is 79.9. The highest BCUT2D eigenvalue weighted by Crippen LogP contribution is 2.59. The summed E-state index contributed by atoms with van der Waals surface area (Å²) in [5.41, 5.74) is 1.73. The lowest BCUT2D eigenvalue weighted by Crippen LogP contribution is -2.22. The minimum atomic E-state index is -0.523. The molecule has 3 rings (SSSR count). The second-order valence-electron chi connectivity index (χ2n) is 9.06. The Morgan fingerprint density at radius 1 is 1.22 bits per heavy atom. The lowest BCUT2D eigenvalue weighted by Gasteiger charge is -2.17. The maximum Gasteiger partial charge on any atom is 0.330 e. The van der Waals surface area contributed by atoms with E-state index in [-0.39, 0.29) is 35.3 Å². The van der Waals surface area contributed by atoms with Gasteiger partial charge in [-0.1, -0.05) is 48.0 Å². The molecule has 2 aliphatic carbocycles. The van der Waals surface area contributed by atoms with Gasteiger partial charge in [0, 0.05) is 23.4 Å². The number of halogens is 1. The van der Waals surface area contributed by atoms with Crippen molar-refractivity contribution in [3.05, 3.63) is 46.0 Å². The average Bonchev–Trinajstić information content (AvgIpc) is 2.85. The van der Waals surface area contributed by atoms with Gasteiger partial charge in [0.2, 0.25) is 0 Å². The number of esters is 2. The van der Waals surface area contributed by atoms with Crippen molar-refractivity contribution < 1.29 is 19.1 Å². The third kappa shape index (κ3) is 4.45. The fourth-order valence-electron chi connectivity index (χ4n) is 3.89. The van der Waals surface area contributed by atoms with Crippen LogP contribution in [0.2, 0.25) is 0 Å². The third-order valence-electron chi connectivity index (χ3n) is 5.39. The molecule has 1 unspecified atom stereocenters. The molecule has 0 bridgehead atoms. The van der Waals surface area contributed by atoms with Gasteiger partial charge in [0.15, 0.2) is 0 Å². The van der Waals surface area contributed by atoms with Crippen molar-refractivity contribution in [2.75, 3.05) is 0 Å². The molecule has 0 amide bonds. The number of hydrogen-bond donors (Lipinski definition) is 0. The number of allylic oxidation sites excluding steroid dienone is 1. The lowest BCUT2D eigenvalue weighted by atomic mass is 10.1. The number of benzene rings is 1. The summed E-state index contributed by atoms with van der Waals surface area (Å²) >= 11 is 3.57. The van der Waals surface area contributed by atoms with Gasteiger partial charge in [0.05, 0.1) is 5.92 Å². The summed E-state index contributed by atoms with van der Waals surface area (Å²) in [6, 6.07) is 6.11. The van der Waals surface area contributed by atoms with Crippen molar-refractivity contribution in [1.29, 1.82) is 0 Å². The number of fused-ring (bicyclic) bond motifs is 1. The third-order valence-corrected chi connectivity index (χ3v) is 6.13. The van der Waals surface area contributed by atoms with Crippen molar-refractivity contribution in [3.63, 3.8) is 0 Å². The van der Waals surface area contributed by atoms with Crippen molar-refractivity contribution in [3.8, 4) is 0 Å². The molecule has 1 aromatic rings. The number of rotatable bonds is 4. The van der Waals surface area contributed by atoms with Crippen molar-refractivity contribution in [2.24, 2.45) is 17.3 Å². The molecule has 0 N–H and O–H groups in total. The number of carbonyl (C=O) groups excluding carboxylic acids is 2. The van der Waals surface area contributed by atoms with Crippen LogP contribution in [0.3, 0.4) is 0 Å². The van der Waals surface area contributed by atoms with Crippen molar-refractivity contribution >= 4 is 27.9 Å². The molecule has 2 aliphatic rings. The Labute approximate surface area is 169 Å². The Bertz CT molecular complexity index is 788. The van der Waals surface area contributed by atoms with Crippen LogP contribution in [0, 0.1) is 17.3 Å². The first-order chi connectivity index (χ1) is 12.5. The number of carbonyl (C=O) groups is 2. The van der Waals surface area contributed by atoms with Gasteiger partial charge in [0.1, 0.15) is 11.7 Å². The van der Waals surface area contributed by atoms with Crippen molar-refractivity contribution in [1.82, 2.24) is 0 Å². The largest absolute Gasteiger partial charge is 0.461 e. The van der Waals surface area contributed by atoms with Crippen LogP contribution >= 0.6 is 15.9 Å². The molecule has 146 valence electrons. The molecule has 0 radical (unpaired) electrons. The second kappa shape index (κ2) is 7.08. The molecule has 1 fully saturated rings. The molecule has 27 heavy (non-hydrogen) atoms. The van der Waals surface area contributed by atoms with E-state index in [2.05, 4.69) is 22.0 Å². The molecule has 1 saturated carbocycles. The van der Waals surface area contributed by atoms with E-state index in [4.69, 9.17) is 9.47 Å². The molecule has 0 heterocycles. The topological polar surface area (TPSA) is 52.6 Å². The Balaban J connectivity index is 1.58. The van der Waals surface area contributed by atoms with Crippen LogP contribution in [0.1, 0.15) is 45.7 Å². The average molecular weight is 435 g/mol. The Kier molecular flexibility index (Phi) is 5.28. The summed E-state index contributed by atoms with van der Waals surface area (Å²) in [6.45, 7) is 9.56. The molecule has 4 nitrogen and oxygen atoms in total. The Morgan fingerprint density at radius 3 is 2.56 bits per heavy atom. The lowest BCUT2D eigenvalue weighted by molar-refractivity contribution is -0.151. The Morgan fingerprint density at radius 2 is 1.93 bits per heavy atom. The number of ether oxygens (including phenoxy) is 2. The second-order valence-corrected chi connectivity index (χ2v) is 9.92. The molecular formula is C22H27BrO4. The molecule has 0 aromatic heterocycles. The summed E-state index contributed by atoms with van der Waals surface area (Å²) in [5.74, 6) is -0.780. The summed E-state index contributed by atoms with van der Waals surface area (Å²) in [5, 5.41) is 0. The van der Waals surface area contributed by atoms with Gasteiger partial charge >= 0.3 is 11.9 Å². The monoisotopic (exact) mass is 434 g/mol. The minimum absolute atomic E-state index is 0.00645. The highest BCUT2D eigenvalue weighted by molar-refractivity contribution is 9.10. The molecule has 5 heteroatoms. The van der Waals surface area contributed by atoms with Gasteiger partial charge in [-0.3, -0.25) is 4.79 Å². The zero-order chi connectivity index (χ0) is 20.0. The van der Waals surface area contributed by atoms with E-state index in [0.29, 0.717) is 0 Å². The van der Waals surface area contributed by atoms with E-state index in [1.165, 1.54) is 17.2 Å². The van der Waals surface area contributed by atoms with Crippen LogP contribution in [0.15, 0.2) is 34.8 Å². The van der Waals surface area contributed by atoms with Crippen LogP contribution in [-0.4, -0.2) is 23.6 Å². The minimum Gasteiger partial charge on any atom is -0.461 e. The standard InChI is InChI=1S/C22H27BrO4/c1-21(2,3)27-18(24)10-9-16-19(22(16,4)5)20(25)26-14-11-13-7-6-8-17(23)15(13)12-14/h6-10,14,16,19H,11-12H2,1-5H3/t14?,16-,19-/m0/s1. The molecule has 0 aliphatic heterocycles. The summed E-state index contributed by atoms with van der Waals surface area (Å²) in [7, 11) is 0. The van der Waals surface area contributed by atoms with Gasteiger partial charge in [-0.05, 0) is 49.3 Å². The van der Waals surface area contributed by atoms with E-state index in [1.54, 1.807) is 6.08 Å². The van der Waals surface area contributed by atoms with Crippen LogP contribution in [0.4, 0.5) is 0 Å². The van der Waals surface area contributed by atoms with Gasteiger partial charge in [0.25, 0.3) is 0 Å². The van der Waals surface area contributed by atoms with Gasteiger partial charge < -0.3 is 9.47 Å². The molecular weight excluding hydrogens is 408 g/mol. The fourth-order valence-corrected chi connectivity index (χ4v) is 4.46. The SMILES string of the molecule is CC(C)(C)OC(=O)C=C[C@H]1[C@@H](C(=O)OC2Cc3cccc(Br)c3C2)C1(C)C. The maximum absolute atomic E-state index is 12.7. The predicted molar refractivity (Wildman–Crippen MR) is 107 cm³/mol. The van der Waals surface area contributed by atoms with Crippen LogP contribution in [-0.2, 0) is 31.9 Å². The molecule has 0 spiro atoms. The summed E-state index contributed by atoms with van der Waals surface area (Å²) < 4.78 is 12.2. The quantitative estimate of drug-likeness (QED) is 0.511. The van der Waals surface area contributed by atoms with Gasteiger partial charge in [-0.15, -0.1) is 0 Å². The zero-order valence-electron chi connectivity index (χ0n) is 16.5. The first-order valence-electron chi connectivity index (χ1n) is 9.37. The molecule has 0 saturated heterocycles. The number of hydrogen-bond acceptors (Lipinski definition) is 4. The van der Waals surface area contributed by atoms with E-state index >= 15 is 0 Å².